The number of carbonyl (C=O) groups excluding carboxylic acids is 2. The zero-order valence-electron chi connectivity index (χ0n) is 8.07. The summed E-state index contributed by atoms with van der Waals surface area (Å²) in [5, 5.41) is 0. The number of esters is 1. The average molecular weight is 223 g/mol. The van der Waals surface area contributed by atoms with E-state index < -0.39 is 0 Å². The van der Waals surface area contributed by atoms with E-state index in [1.54, 1.807) is 19.1 Å². The minimum atomic E-state index is -0.367. The third-order valence-corrected chi connectivity index (χ3v) is 2.94. The van der Waals surface area contributed by atoms with E-state index in [0.29, 0.717) is 17.2 Å². The quantitative estimate of drug-likeness (QED) is 0.641. The Kier molecular flexibility index (Phi) is 2.55. The smallest absolute Gasteiger partial charge is 0.354 e. The van der Waals surface area contributed by atoms with Gasteiger partial charge in [0.25, 0.3) is 0 Å². The second-order valence-electron chi connectivity index (χ2n) is 2.95. The van der Waals surface area contributed by atoms with Crippen molar-refractivity contribution < 1.29 is 14.3 Å². The van der Waals surface area contributed by atoms with Crippen LogP contribution in [0.3, 0.4) is 0 Å². The lowest BCUT2D eigenvalue weighted by Crippen LogP contribution is -2.04. The van der Waals surface area contributed by atoms with Crippen molar-refractivity contribution in [1.82, 2.24) is 4.98 Å². The second-order valence-corrected chi connectivity index (χ2v) is 4.06. The topological polar surface area (TPSA) is 59.2 Å². The molecule has 0 atom stereocenters. The summed E-state index contributed by atoms with van der Waals surface area (Å²) in [6, 6.07) is 3.42. The van der Waals surface area contributed by atoms with Crippen LogP contribution in [-0.2, 0) is 4.74 Å². The Morgan fingerprint density at radius 1 is 1.60 bits per heavy atom. The number of H-pyrrole nitrogens is 1. The molecule has 0 aliphatic carbocycles. The van der Waals surface area contributed by atoms with E-state index in [9.17, 15) is 9.59 Å². The summed E-state index contributed by atoms with van der Waals surface area (Å²) in [4.78, 5) is 25.4. The third kappa shape index (κ3) is 1.78. The highest BCUT2D eigenvalue weighted by Crippen LogP contribution is 2.25. The lowest BCUT2D eigenvalue weighted by atomic mass is 10.4. The molecule has 0 aromatic carbocycles. The molecule has 0 bridgehead atoms. The van der Waals surface area contributed by atoms with E-state index in [-0.39, 0.29) is 5.97 Å². The van der Waals surface area contributed by atoms with E-state index >= 15 is 0 Å². The SMILES string of the molecule is CCOC(=O)c1cc2sc(C=O)cc2[nH]1. The Balaban J connectivity index is 2.36. The van der Waals surface area contributed by atoms with Crippen LogP contribution in [0.4, 0.5) is 0 Å². The fourth-order valence-electron chi connectivity index (χ4n) is 1.32. The molecule has 0 saturated heterocycles. The highest BCUT2D eigenvalue weighted by atomic mass is 32.1. The molecule has 2 aromatic heterocycles. The molecule has 0 saturated carbocycles. The van der Waals surface area contributed by atoms with Crippen molar-refractivity contribution in [2.75, 3.05) is 6.61 Å². The summed E-state index contributed by atoms with van der Waals surface area (Å²) in [7, 11) is 0. The first-order valence-electron chi connectivity index (χ1n) is 4.49. The summed E-state index contributed by atoms with van der Waals surface area (Å²) in [6.45, 7) is 2.11. The summed E-state index contributed by atoms with van der Waals surface area (Å²) in [5.41, 5.74) is 1.22. The van der Waals surface area contributed by atoms with E-state index in [1.807, 2.05) is 0 Å². The molecule has 4 nitrogen and oxygen atoms in total. The molecule has 0 aliphatic rings. The van der Waals surface area contributed by atoms with E-state index in [1.165, 1.54) is 11.3 Å². The normalized spacial score (nSPS) is 10.5. The van der Waals surface area contributed by atoms with Crippen molar-refractivity contribution in [3.05, 3.63) is 22.7 Å². The Morgan fingerprint density at radius 3 is 3.00 bits per heavy atom. The first-order chi connectivity index (χ1) is 7.24. The maximum atomic E-state index is 11.3. The van der Waals surface area contributed by atoms with Crippen LogP contribution in [-0.4, -0.2) is 23.8 Å². The van der Waals surface area contributed by atoms with Crippen LogP contribution in [0.2, 0.25) is 0 Å². The zero-order valence-corrected chi connectivity index (χ0v) is 8.89. The Morgan fingerprint density at radius 2 is 2.40 bits per heavy atom. The van der Waals surface area contributed by atoms with Crippen molar-refractivity contribution in [1.29, 1.82) is 0 Å². The van der Waals surface area contributed by atoms with Gasteiger partial charge in [0.1, 0.15) is 5.69 Å². The first kappa shape index (κ1) is 9.92. The number of aromatic nitrogens is 1. The van der Waals surface area contributed by atoms with Crippen LogP contribution >= 0.6 is 11.3 Å². The molecule has 15 heavy (non-hydrogen) atoms. The first-order valence-corrected chi connectivity index (χ1v) is 5.31. The van der Waals surface area contributed by atoms with Gasteiger partial charge in [-0.2, -0.15) is 0 Å². The van der Waals surface area contributed by atoms with Crippen molar-refractivity contribution in [3.8, 4) is 0 Å². The van der Waals surface area contributed by atoms with Gasteiger partial charge in [0, 0.05) is 0 Å². The van der Waals surface area contributed by atoms with Gasteiger partial charge in [-0.1, -0.05) is 0 Å². The molecule has 0 fully saturated rings. The van der Waals surface area contributed by atoms with Crippen LogP contribution in [0.15, 0.2) is 12.1 Å². The van der Waals surface area contributed by atoms with Crippen molar-refractivity contribution in [3.63, 3.8) is 0 Å². The van der Waals surface area contributed by atoms with Crippen molar-refractivity contribution in [2.45, 2.75) is 6.92 Å². The minimum Gasteiger partial charge on any atom is -0.461 e. The van der Waals surface area contributed by atoms with Crippen molar-refractivity contribution >= 4 is 33.8 Å². The number of ether oxygens (including phenoxy) is 1. The predicted octanol–water partition coefficient (Wildman–Crippen LogP) is 2.22. The third-order valence-electron chi connectivity index (χ3n) is 1.94. The molecular formula is C10H9NO3S. The van der Waals surface area contributed by atoms with Crippen molar-refractivity contribution in [2.24, 2.45) is 0 Å². The maximum absolute atomic E-state index is 11.3. The molecule has 78 valence electrons. The number of fused-ring (bicyclic) bond motifs is 1. The highest BCUT2D eigenvalue weighted by Gasteiger charge is 2.12. The van der Waals surface area contributed by atoms with E-state index in [0.717, 1.165) is 16.5 Å². The van der Waals surface area contributed by atoms with Gasteiger partial charge in [-0.15, -0.1) is 11.3 Å². The molecule has 1 N–H and O–H groups in total. The molecule has 0 aliphatic heterocycles. The standard InChI is InChI=1S/C10H9NO3S/c1-2-14-10(13)8-4-9-7(11-8)3-6(5-12)15-9/h3-5,11H,2H2,1H3. The van der Waals surface area contributed by atoms with E-state index in [4.69, 9.17) is 4.74 Å². The van der Waals surface area contributed by atoms with Gasteiger partial charge in [-0.05, 0) is 19.1 Å². The number of hydrogen-bond donors (Lipinski definition) is 1. The van der Waals surface area contributed by atoms with Crippen LogP contribution in [0.25, 0.3) is 10.2 Å². The Bertz CT molecular complexity index is 480. The Labute approximate surface area is 89.9 Å². The lowest BCUT2D eigenvalue weighted by molar-refractivity contribution is 0.0520. The Hall–Kier alpha value is -1.62. The largest absolute Gasteiger partial charge is 0.461 e. The second kappa shape index (κ2) is 3.86. The fraction of sp³-hybridized carbons (Fsp3) is 0.200. The van der Waals surface area contributed by atoms with Gasteiger partial charge in [-0.25, -0.2) is 4.79 Å². The molecule has 5 heteroatoms. The summed E-state index contributed by atoms with van der Waals surface area (Å²) < 4.78 is 5.74. The number of aromatic amines is 1. The highest BCUT2D eigenvalue weighted by molar-refractivity contribution is 7.20. The van der Waals surface area contributed by atoms with Gasteiger partial charge in [0.15, 0.2) is 6.29 Å². The molecule has 0 spiro atoms. The number of aldehydes is 1. The maximum Gasteiger partial charge on any atom is 0.354 e. The predicted molar refractivity (Wildman–Crippen MR) is 57.5 cm³/mol. The molecular weight excluding hydrogens is 214 g/mol. The zero-order chi connectivity index (χ0) is 10.8. The van der Waals surface area contributed by atoms with Gasteiger partial charge in [-0.3, -0.25) is 4.79 Å². The van der Waals surface area contributed by atoms with Crippen LogP contribution in [0, 0.1) is 0 Å². The van der Waals surface area contributed by atoms with Crippen LogP contribution < -0.4 is 0 Å². The van der Waals surface area contributed by atoms with E-state index in [2.05, 4.69) is 4.98 Å². The number of rotatable bonds is 3. The fourth-order valence-corrected chi connectivity index (χ4v) is 2.19. The van der Waals surface area contributed by atoms with Crippen LogP contribution in [0.5, 0.6) is 0 Å². The molecule has 0 amide bonds. The molecule has 2 aromatic rings. The number of thiophene rings is 1. The molecule has 0 radical (unpaired) electrons. The summed E-state index contributed by atoms with van der Waals surface area (Å²) in [5.74, 6) is -0.367. The van der Waals surface area contributed by atoms with Crippen LogP contribution in [0.1, 0.15) is 27.1 Å². The van der Waals surface area contributed by atoms with Gasteiger partial charge >= 0.3 is 5.97 Å². The summed E-state index contributed by atoms with van der Waals surface area (Å²) in [6.07, 6.45) is 0.794. The monoisotopic (exact) mass is 223 g/mol. The molecule has 0 unspecified atom stereocenters. The van der Waals surface area contributed by atoms with Gasteiger partial charge < -0.3 is 9.72 Å². The van der Waals surface area contributed by atoms with Gasteiger partial charge in [0.2, 0.25) is 0 Å². The van der Waals surface area contributed by atoms with Gasteiger partial charge in [0.05, 0.1) is 21.7 Å². The number of carbonyl (C=O) groups is 2. The molecule has 2 heterocycles. The number of nitrogens with one attached hydrogen (secondary N) is 1. The minimum absolute atomic E-state index is 0.352. The molecule has 2 rings (SSSR count). The summed E-state index contributed by atoms with van der Waals surface area (Å²) >= 11 is 1.35. The number of hydrogen-bond acceptors (Lipinski definition) is 4. The average Bonchev–Trinajstić information content (AvgIpc) is 2.74. The lowest BCUT2D eigenvalue weighted by Gasteiger charge is -1.96.